The molecule has 0 spiro atoms. The number of hydrogen-bond acceptors (Lipinski definition) is 5. The van der Waals surface area contributed by atoms with Gasteiger partial charge in [0.15, 0.2) is 0 Å². The normalized spacial score (nSPS) is 11.4. The van der Waals surface area contributed by atoms with Gasteiger partial charge in [0.2, 0.25) is 0 Å². The van der Waals surface area contributed by atoms with Gasteiger partial charge in [0.05, 0.1) is 5.69 Å². The van der Waals surface area contributed by atoms with Crippen LogP contribution in [0.5, 0.6) is 0 Å². The standard InChI is InChI=1S/C11H18N4O/c1-5-15-16-8(2)6-10-9(3)11(12-4)14-7-13-10/h6-7,15H,5H2,1-4H3,(H,12,13,14)/b8-6+. The van der Waals surface area contributed by atoms with Gasteiger partial charge in [-0.25, -0.2) is 9.97 Å². The van der Waals surface area contributed by atoms with Gasteiger partial charge in [-0.1, -0.05) is 0 Å². The molecular formula is C11H18N4O. The van der Waals surface area contributed by atoms with Gasteiger partial charge < -0.3 is 10.2 Å². The highest BCUT2D eigenvalue weighted by atomic mass is 16.6. The van der Waals surface area contributed by atoms with Crippen molar-refractivity contribution < 1.29 is 4.84 Å². The van der Waals surface area contributed by atoms with Crippen LogP contribution >= 0.6 is 0 Å². The van der Waals surface area contributed by atoms with Crippen molar-refractivity contribution in [1.29, 1.82) is 0 Å². The molecule has 0 unspecified atom stereocenters. The zero-order chi connectivity index (χ0) is 12.0. The number of hydrogen-bond donors (Lipinski definition) is 2. The maximum atomic E-state index is 5.25. The summed E-state index contributed by atoms with van der Waals surface area (Å²) in [6.45, 7) is 6.58. The molecule has 0 amide bonds. The summed E-state index contributed by atoms with van der Waals surface area (Å²) in [7, 11) is 1.84. The molecule has 5 nitrogen and oxygen atoms in total. The Kier molecular flexibility index (Phi) is 4.72. The van der Waals surface area contributed by atoms with E-state index in [2.05, 4.69) is 20.8 Å². The highest BCUT2D eigenvalue weighted by Crippen LogP contribution is 2.15. The van der Waals surface area contributed by atoms with Crippen LogP contribution in [0.25, 0.3) is 6.08 Å². The van der Waals surface area contributed by atoms with Crippen molar-refractivity contribution in [3.8, 4) is 0 Å². The third kappa shape index (κ3) is 3.20. The summed E-state index contributed by atoms with van der Waals surface area (Å²) < 4.78 is 0. The first-order valence-electron chi connectivity index (χ1n) is 5.26. The lowest BCUT2D eigenvalue weighted by Crippen LogP contribution is -2.11. The molecule has 0 aliphatic carbocycles. The minimum Gasteiger partial charge on any atom is -0.413 e. The van der Waals surface area contributed by atoms with E-state index in [1.807, 2.05) is 33.9 Å². The third-order valence-electron chi connectivity index (χ3n) is 2.08. The first-order chi connectivity index (χ1) is 7.69. The maximum Gasteiger partial charge on any atom is 0.132 e. The lowest BCUT2D eigenvalue weighted by Gasteiger charge is -2.08. The second-order valence-electron chi connectivity index (χ2n) is 3.34. The van der Waals surface area contributed by atoms with Crippen molar-refractivity contribution >= 4 is 11.9 Å². The molecule has 88 valence electrons. The molecule has 0 aromatic carbocycles. The Bertz CT molecular complexity index is 376. The lowest BCUT2D eigenvalue weighted by molar-refractivity contribution is 0.114. The van der Waals surface area contributed by atoms with Crippen LogP contribution in [0.1, 0.15) is 25.1 Å². The predicted octanol–water partition coefficient (Wildman–Crippen LogP) is 1.73. The van der Waals surface area contributed by atoms with Crippen LogP contribution < -0.4 is 10.8 Å². The molecule has 0 saturated heterocycles. The molecule has 1 rings (SSSR count). The van der Waals surface area contributed by atoms with E-state index in [9.17, 15) is 0 Å². The summed E-state index contributed by atoms with van der Waals surface area (Å²) in [5.74, 6) is 1.60. The molecule has 0 fully saturated rings. The Hall–Kier alpha value is -1.62. The quantitative estimate of drug-likeness (QED) is 0.587. The van der Waals surface area contributed by atoms with Gasteiger partial charge >= 0.3 is 0 Å². The Morgan fingerprint density at radius 2 is 2.25 bits per heavy atom. The van der Waals surface area contributed by atoms with Gasteiger partial charge in [-0.05, 0) is 20.8 Å². The summed E-state index contributed by atoms with van der Waals surface area (Å²) in [6.07, 6.45) is 3.41. The van der Waals surface area contributed by atoms with Crippen LogP contribution in [0, 0.1) is 6.92 Å². The molecule has 1 aromatic rings. The summed E-state index contributed by atoms with van der Waals surface area (Å²) in [5, 5.41) is 3.02. The first-order valence-corrected chi connectivity index (χ1v) is 5.26. The molecule has 0 radical (unpaired) electrons. The van der Waals surface area contributed by atoms with Gasteiger partial charge in [-0.2, -0.15) is 5.48 Å². The van der Waals surface area contributed by atoms with Crippen molar-refractivity contribution in [1.82, 2.24) is 15.4 Å². The second kappa shape index (κ2) is 6.07. The Morgan fingerprint density at radius 3 is 2.88 bits per heavy atom. The summed E-state index contributed by atoms with van der Waals surface area (Å²) in [4.78, 5) is 13.6. The number of allylic oxidation sites excluding steroid dienone is 1. The van der Waals surface area contributed by atoms with Crippen LogP contribution in [0.2, 0.25) is 0 Å². The average Bonchev–Trinajstić information content (AvgIpc) is 2.29. The molecule has 0 atom stereocenters. The van der Waals surface area contributed by atoms with Gasteiger partial charge in [-0.15, -0.1) is 0 Å². The third-order valence-corrected chi connectivity index (χ3v) is 2.08. The van der Waals surface area contributed by atoms with E-state index in [4.69, 9.17) is 4.84 Å². The van der Waals surface area contributed by atoms with Crippen LogP contribution in [0.4, 0.5) is 5.82 Å². The van der Waals surface area contributed by atoms with Gasteiger partial charge in [0.25, 0.3) is 0 Å². The fourth-order valence-corrected chi connectivity index (χ4v) is 1.27. The van der Waals surface area contributed by atoms with Crippen molar-refractivity contribution in [3.05, 3.63) is 23.3 Å². The van der Waals surface area contributed by atoms with Crippen LogP contribution in [-0.2, 0) is 4.84 Å². The number of rotatable bonds is 5. The molecule has 0 bridgehead atoms. The minimum atomic E-state index is 0.760. The van der Waals surface area contributed by atoms with Crippen LogP contribution in [0.3, 0.4) is 0 Å². The van der Waals surface area contributed by atoms with Crippen molar-refractivity contribution in [2.24, 2.45) is 0 Å². The van der Waals surface area contributed by atoms with Gasteiger partial charge in [0.1, 0.15) is 17.9 Å². The highest BCUT2D eigenvalue weighted by molar-refractivity contribution is 5.57. The van der Waals surface area contributed by atoms with Crippen LogP contribution in [-0.4, -0.2) is 23.6 Å². The fraction of sp³-hybridized carbons (Fsp3) is 0.455. The van der Waals surface area contributed by atoms with Gasteiger partial charge in [-0.3, -0.25) is 0 Å². The predicted molar refractivity (Wildman–Crippen MR) is 64.7 cm³/mol. The van der Waals surface area contributed by atoms with E-state index < -0.39 is 0 Å². The van der Waals surface area contributed by atoms with E-state index in [1.165, 1.54) is 6.33 Å². The van der Waals surface area contributed by atoms with Gasteiger partial charge in [0, 0.05) is 25.2 Å². The van der Waals surface area contributed by atoms with E-state index in [1.54, 1.807) is 0 Å². The molecule has 1 heterocycles. The Morgan fingerprint density at radius 1 is 1.50 bits per heavy atom. The zero-order valence-electron chi connectivity index (χ0n) is 10.2. The van der Waals surface area contributed by atoms with E-state index in [0.717, 1.165) is 29.4 Å². The lowest BCUT2D eigenvalue weighted by atomic mass is 10.2. The topological polar surface area (TPSA) is 59.1 Å². The number of hydroxylamine groups is 1. The molecule has 0 saturated carbocycles. The molecule has 0 aliphatic rings. The zero-order valence-corrected chi connectivity index (χ0v) is 10.2. The SMILES string of the molecule is CCNO/C(C)=C/c1ncnc(NC)c1C. The highest BCUT2D eigenvalue weighted by Gasteiger charge is 2.03. The monoisotopic (exact) mass is 222 g/mol. The molecule has 16 heavy (non-hydrogen) atoms. The summed E-state index contributed by atoms with van der Waals surface area (Å²) in [6, 6.07) is 0. The maximum absolute atomic E-state index is 5.25. The van der Waals surface area contributed by atoms with Crippen molar-refractivity contribution in [3.63, 3.8) is 0 Å². The number of aromatic nitrogens is 2. The van der Waals surface area contributed by atoms with E-state index >= 15 is 0 Å². The minimum absolute atomic E-state index is 0.760. The molecular weight excluding hydrogens is 204 g/mol. The molecule has 0 aliphatic heterocycles. The largest absolute Gasteiger partial charge is 0.413 e. The average molecular weight is 222 g/mol. The smallest absolute Gasteiger partial charge is 0.132 e. The molecule has 5 heteroatoms. The summed E-state index contributed by atoms with van der Waals surface area (Å²) in [5.41, 5.74) is 4.65. The Balaban J connectivity index is 2.87. The van der Waals surface area contributed by atoms with E-state index in [-0.39, 0.29) is 0 Å². The molecule has 1 aromatic heterocycles. The van der Waals surface area contributed by atoms with Crippen LogP contribution in [0.15, 0.2) is 12.1 Å². The van der Waals surface area contributed by atoms with E-state index in [0.29, 0.717) is 0 Å². The van der Waals surface area contributed by atoms with Crippen molar-refractivity contribution in [2.75, 3.05) is 18.9 Å². The van der Waals surface area contributed by atoms with Crippen molar-refractivity contribution in [2.45, 2.75) is 20.8 Å². The summed E-state index contributed by atoms with van der Waals surface area (Å²) >= 11 is 0. The second-order valence-corrected chi connectivity index (χ2v) is 3.34. The number of nitrogens with one attached hydrogen (secondary N) is 2. The number of anilines is 1. The molecule has 2 N–H and O–H groups in total. The Labute approximate surface area is 95.9 Å². The fourth-order valence-electron chi connectivity index (χ4n) is 1.27. The number of nitrogens with zero attached hydrogens (tertiary/aromatic N) is 2. The first kappa shape index (κ1) is 12.4.